The molecule has 2 amide bonds. The van der Waals surface area contributed by atoms with Crippen LogP contribution in [0.5, 0.6) is 11.6 Å². The van der Waals surface area contributed by atoms with E-state index in [4.69, 9.17) is 16.3 Å². The van der Waals surface area contributed by atoms with Crippen molar-refractivity contribution < 1.29 is 14.3 Å². The summed E-state index contributed by atoms with van der Waals surface area (Å²) in [5.74, 6) is 0.930. The van der Waals surface area contributed by atoms with Crippen LogP contribution < -0.4 is 15.4 Å². The van der Waals surface area contributed by atoms with Gasteiger partial charge in [0.05, 0.1) is 22.6 Å². The number of aromatic nitrogens is 5. The van der Waals surface area contributed by atoms with Gasteiger partial charge in [-0.3, -0.25) is 14.3 Å². The van der Waals surface area contributed by atoms with Gasteiger partial charge in [-0.05, 0) is 43.5 Å². The molecular weight excluding hydrogens is 458 g/mol. The van der Waals surface area contributed by atoms with Gasteiger partial charge in [-0.15, -0.1) is 5.10 Å². The lowest BCUT2D eigenvalue weighted by molar-refractivity contribution is -0.117. The zero-order valence-corrected chi connectivity index (χ0v) is 19.3. The second-order valence-corrected chi connectivity index (χ2v) is 8.47. The number of carbonyl (C=O) groups excluding carboxylic acids is 2. The number of rotatable bonds is 7. The first-order chi connectivity index (χ1) is 16.4. The van der Waals surface area contributed by atoms with Gasteiger partial charge in [0.2, 0.25) is 11.8 Å². The minimum Gasteiger partial charge on any atom is -0.438 e. The molecule has 2 N–H and O–H groups in total. The Labute approximate surface area is 199 Å². The van der Waals surface area contributed by atoms with Crippen LogP contribution in [0.1, 0.15) is 35.9 Å². The minimum atomic E-state index is -0.326. The molecule has 0 bridgehead atoms. The molecule has 10 nitrogen and oxygen atoms in total. The van der Waals surface area contributed by atoms with Crippen LogP contribution in [0.15, 0.2) is 42.6 Å². The summed E-state index contributed by atoms with van der Waals surface area (Å²) in [6.45, 7) is 1.97. The number of carbonyl (C=O) groups is 2. The number of benzene rings is 1. The highest BCUT2D eigenvalue weighted by Gasteiger charge is 2.30. The van der Waals surface area contributed by atoms with Crippen LogP contribution in [0.4, 0.5) is 11.5 Å². The van der Waals surface area contributed by atoms with E-state index in [0.29, 0.717) is 39.5 Å². The number of aryl methyl sites for hydroxylation is 2. The maximum atomic E-state index is 12.7. The lowest BCUT2D eigenvalue weighted by atomic mass is 10.2. The Morgan fingerprint density at radius 3 is 2.71 bits per heavy atom. The number of fused-ring (bicyclic) bond motifs is 1. The molecule has 0 saturated heterocycles. The molecule has 4 aromatic rings. The maximum Gasteiger partial charge on any atom is 0.273 e. The summed E-state index contributed by atoms with van der Waals surface area (Å²) in [6, 6.07) is 10.1. The number of amides is 2. The SMILES string of the molecule is CCc1cc(C(=O)Nc2cc(Oc3ccc4nc(NC(=O)C5CC5)cn4n3)ccc2Cl)n(C)n1. The van der Waals surface area contributed by atoms with Gasteiger partial charge in [0, 0.05) is 25.1 Å². The van der Waals surface area contributed by atoms with E-state index < -0.39 is 0 Å². The van der Waals surface area contributed by atoms with Gasteiger partial charge < -0.3 is 15.4 Å². The van der Waals surface area contributed by atoms with Gasteiger partial charge >= 0.3 is 0 Å². The lowest BCUT2D eigenvalue weighted by Crippen LogP contribution is -2.16. The largest absolute Gasteiger partial charge is 0.438 e. The number of nitrogens with one attached hydrogen (secondary N) is 2. The molecule has 0 unspecified atom stereocenters. The van der Waals surface area contributed by atoms with Crippen LogP contribution in [0.2, 0.25) is 5.02 Å². The zero-order chi connectivity index (χ0) is 23.8. The Morgan fingerprint density at radius 2 is 1.97 bits per heavy atom. The molecule has 3 aromatic heterocycles. The average Bonchev–Trinajstić information content (AvgIpc) is 3.49. The highest BCUT2D eigenvalue weighted by Crippen LogP contribution is 2.31. The van der Waals surface area contributed by atoms with Gasteiger partial charge in [0.25, 0.3) is 5.91 Å². The van der Waals surface area contributed by atoms with Crippen molar-refractivity contribution in [1.82, 2.24) is 24.4 Å². The minimum absolute atomic E-state index is 0.0207. The Hall–Kier alpha value is -3.92. The summed E-state index contributed by atoms with van der Waals surface area (Å²) in [5, 5.41) is 14.7. The monoisotopic (exact) mass is 479 g/mol. The number of imidazole rings is 1. The van der Waals surface area contributed by atoms with Crippen molar-refractivity contribution in [2.24, 2.45) is 13.0 Å². The number of ether oxygens (including phenoxy) is 1. The standard InChI is InChI=1S/C23H22ClN7O3/c1-3-14-10-18(30(2)28-14)23(33)25-17-11-15(6-7-16(17)24)34-21-9-8-20-26-19(12-31(20)29-21)27-22(32)13-4-5-13/h6-13H,3-5H2,1-2H3,(H,25,33)(H,27,32). The quantitative estimate of drug-likeness (QED) is 0.413. The molecule has 174 valence electrons. The number of halogens is 1. The molecule has 1 aromatic carbocycles. The van der Waals surface area contributed by atoms with Crippen molar-refractivity contribution >= 4 is 40.6 Å². The third kappa shape index (κ3) is 4.58. The lowest BCUT2D eigenvalue weighted by Gasteiger charge is -2.10. The summed E-state index contributed by atoms with van der Waals surface area (Å²) in [4.78, 5) is 29.1. The van der Waals surface area contributed by atoms with Gasteiger partial charge in [-0.2, -0.15) is 5.10 Å². The van der Waals surface area contributed by atoms with E-state index in [1.54, 1.807) is 49.6 Å². The summed E-state index contributed by atoms with van der Waals surface area (Å²) < 4.78 is 8.95. The van der Waals surface area contributed by atoms with Crippen LogP contribution >= 0.6 is 11.6 Å². The van der Waals surface area contributed by atoms with Crippen molar-refractivity contribution in [3.63, 3.8) is 0 Å². The van der Waals surface area contributed by atoms with Crippen LogP contribution in [0.25, 0.3) is 5.65 Å². The third-order valence-electron chi connectivity index (χ3n) is 5.43. The fourth-order valence-electron chi connectivity index (χ4n) is 3.44. The van der Waals surface area contributed by atoms with Gasteiger partial charge in [0.1, 0.15) is 11.4 Å². The Balaban J connectivity index is 1.32. The fraction of sp³-hybridized carbons (Fsp3) is 0.261. The van der Waals surface area contributed by atoms with Crippen LogP contribution in [-0.4, -0.2) is 36.2 Å². The van der Waals surface area contributed by atoms with E-state index in [0.717, 1.165) is 25.0 Å². The molecular formula is C23H22ClN7O3. The number of nitrogens with zero attached hydrogens (tertiary/aromatic N) is 5. The van der Waals surface area contributed by atoms with Crippen molar-refractivity contribution in [3.8, 4) is 11.6 Å². The van der Waals surface area contributed by atoms with E-state index in [1.807, 2.05) is 6.92 Å². The molecule has 5 rings (SSSR count). The topological polar surface area (TPSA) is 115 Å². The normalized spacial score (nSPS) is 13.1. The fourth-order valence-corrected chi connectivity index (χ4v) is 3.60. The Morgan fingerprint density at radius 1 is 1.15 bits per heavy atom. The van der Waals surface area contributed by atoms with Gasteiger partial charge in [0.15, 0.2) is 11.5 Å². The van der Waals surface area contributed by atoms with Gasteiger partial charge in [-0.1, -0.05) is 18.5 Å². The molecule has 1 fully saturated rings. The molecule has 0 spiro atoms. The zero-order valence-electron chi connectivity index (χ0n) is 18.6. The second kappa shape index (κ2) is 8.79. The molecule has 0 radical (unpaired) electrons. The first kappa shape index (κ1) is 21.9. The third-order valence-corrected chi connectivity index (χ3v) is 5.76. The molecule has 0 atom stereocenters. The summed E-state index contributed by atoms with van der Waals surface area (Å²) in [5.41, 5.74) is 2.23. The smallest absolute Gasteiger partial charge is 0.273 e. The molecule has 34 heavy (non-hydrogen) atoms. The van der Waals surface area contributed by atoms with Crippen LogP contribution in [0, 0.1) is 5.92 Å². The molecule has 3 heterocycles. The summed E-state index contributed by atoms with van der Waals surface area (Å²) in [7, 11) is 1.72. The van der Waals surface area contributed by atoms with E-state index in [9.17, 15) is 9.59 Å². The highest BCUT2D eigenvalue weighted by atomic mass is 35.5. The predicted octanol–water partition coefficient (Wildman–Crippen LogP) is 4.07. The Bertz CT molecular complexity index is 1410. The number of hydrogen-bond donors (Lipinski definition) is 2. The first-order valence-corrected chi connectivity index (χ1v) is 11.3. The molecule has 1 aliphatic rings. The van der Waals surface area contributed by atoms with E-state index in [2.05, 4.69) is 25.8 Å². The van der Waals surface area contributed by atoms with Crippen molar-refractivity contribution in [2.45, 2.75) is 26.2 Å². The number of hydrogen-bond acceptors (Lipinski definition) is 6. The average molecular weight is 480 g/mol. The van der Waals surface area contributed by atoms with Crippen LogP contribution in [-0.2, 0) is 18.3 Å². The van der Waals surface area contributed by atoms with Crippen molar-refractivity contribution in [1.29, 1.82) is 0 Å². The van der Waals surface area contributed by atoms with E-state index >= 15 is 0 Å². The first-order valence-electron chi connectivity index (χ1n) is 10.9. The van der Waals surface area contributed by atoms with E-state index in [1.165, 1.54) is 9.20 Å². The maximum absolute atomic E-state index is 12.7. The van der Waals surface area contributed by atoms with Gasteiger partial charge in [-0.25, -0.2) is 9.50 Å². The molecule has 1 aliphatic carbocycles. The summed E-state index contributed by atoms with van der Waals surface area (Å²) in [6.07, 6.45) is 4.20. The molecule has 11 heteroatoms. The van der Waals surface area contributed by atoms with Crippen LogP contribution in [0.3, 0.4) is 0 Å². The van der Waals surface area contributed by atoms with Crippen molar-refractivity contribution in [3.05, 3.63) is 59.0 Å². The predicted molar refractivity (Wildman–Crippen MR) is 126 cm³/mol. The number of anilines is 2. The second-order valence-electron chi connectivity index (χ2n) is 8.06. The van der Waals surface area contributed by atoms with Crippen molar-refractivity contribution in [2.75, 3.05) is 10.6 Å². The molecule has 0 aliphatic heterocycles. The summed E-state index contributed by atoms with van der Waals surface area (Å²) >= 11 is 6.30. The van der Waals surface area contributed by atoms with E-state index in [-0.39, 0.29) is 17.7 Å². The highest BCUT2D eigenvalue weighted by molar-refractivity contribution is 6.34. The molecule has 1 saturated carbocycles. The Kier molecular flexibility index (Phi) is 5.66.